The predicted octanol–water partition coefficient (Wildman–Crippen LogP) is 2.64. The Balaban J connectivity index is 2.04. The molecule has 0 unspecified atom stereocenters. The summed E-state index contributed by atoms with van der Waals surface area (Å²) in [4.78, 5) is 12.2. The van der Waals surface area contributed by atoms with Crippen LogP contribution in [-0.4, -0.2) is 33.7 Å². The number of aryl methyl sites for hydroxylation is 2. The molecule has 7 heteroatoms. The van der Waals surface area contributed by atoms with Crippen molar-refractivity contribution in [1.29, 1.82) is 0 Å². The lowest BCUT2D eigenvalue weighted by atomic mass is 10.1. The van der Waals surface area contributed by atoms with Gasteiger partial charge in [-0.25, -0.2) is 12.8 Å². The SMILES string of the molecule is Cc1ccc(C(=O)NCCN(c2ccc(F)cc2)S(C)(=O)=O)cc1C. The van der Waals surface area contributed by atoms with Crippen LogP contribution in [0.3, 0.4) is 0 Å². The lowest BCUT2D eigenvalue weighted by Gasteiger charge is -2.22. The molecule has 0 aromatic heterocycles. The second kappa shape index (κ2) is 7.65. The van der Waals surface area contributed by atoms with E-state index in [9.17, 15) is 17.6 Å². The van der Waals surface area contributed by atoms with E-state index in [0.29, 0.717) is 11.3 Å². The number of anilines is 1. The Labute approximate surface area is 147 Å². The Morgan fingerprint density at radius 2 is 1.72 bits per heavy atom. The maximum atomic E-state index is 13.0. The smallest absolute Gasteiger partial charge is 0.251 e. The van der Waals surface area contributed by atoms with Crippen LogP contribution in [0.25, 0.3) is 0 Å². The standard InChI is InChI=1S/C18H21FN2O3S/c1-13-4-5-15(12-14(13)2)18(22)20-10-11-21(25(3,23)24)17-8-6-16(19)7-9-17/h4-9,12H,10-11H2,1-3H3,(H,20,22). The highest BCUT2D eigenvalue weighted by molar-refractivity contribution is 7.92. The first kappa shape index (κ1) is 18.9. The fraction of sp³-hybridized carbons (Fsp3) is 0.278. The van der Waals surface area contributed by atoms with Crippen molar-refractivity contribution in [2.24, 2.45) is 0 Å². The Hall–Kier alpha value is -2.41. The number of carbonyl (C=O) groups is 1. The lowest BCUT2D eigenvalue weighted by Crippen LogP contribution is -2.38. The highest BCUT2D eigenvalue weighted by Gasteiger charge is 2.17. The zero-order chi connectivity index (χ0) is 18.6. The topological polar surface area (TPSA) is 66.5 Å². The van der Waals surface area contributed by atoms with Gasteiger partial charge in [0, 0.05) is 12.1 Å². The number of hydrogen-bond donors (Lipinski definition) is 1. The molecule has 5 nitrogen and oxygen atoms in total. The Morgan fingerprint density at radius 1 is 1.08 bits per heavy atom. The van der Waals surface area contributed by atoms with Gasteiger partial charge in [-0.15, -0.1) is 0 Å². The second-order valence-corrected chi connectivity index (χ2v) is 7.77. The number of nitrogens with one attached hydrogen (secondary N) is 1. The van der Waals surface area contributed by atoms with Gasteiger partial charge >= 0.3 is 0 Å². The van der Waals surface area contributed by atoms with Crippen molar-refractivity contribution in [2.45, 2.75) is 13.8 Å². The molecular formula is C18H21FN2O3S. The van der Waals surface area contributed by atoms with Crippen molar-refractivity contribution >= 4 is 21.6 Å². The largest absolute Gasteiger partial charge is 0.350 e. The number of benzene rings is 2. The van der Waals surface area contributed by atoms with Crippen LogP contribution < -0.4 is 9.62 Å². The molecule has 0 bridgehead atoms. The van der Waals surface area contributed by atoms with Crippen molar-refractivity contribution < 1.29 is 17.6 Å². The summed E-state index contributed by atoms with van der Waals surface area (Å²) in [5, 5.41) is 2.71. The molecule has 2 aromatic carbocycles. The van der Waals surface area contributed by atoms with E-state index in [1.807, 2.05) is 19.9 Å². The Kier molecular flexibility index (Phi) is 5.79. The predicted molar refractivity (Wildman–Crippen MR) is 96.8 cm³/mol. The van der Waals surface area contributed by atoms with Crippen molar-refractivity contribution in [2.75, 3.05) is 23.7 Å². The van der Waals surface area contributed by atoms with Gasteiger partial charge in [-0.1, -0.05) is 6.07 Å². The molecule has 0 atom stereocenters. The summed E-state index contributed by atoms with van der Waals surface area (Å²) in [6.07, 6.45) is 1.07. The van der Waals surface area contributed by atoms with E-state index in [0.717, 1.165) is 21.7 Å². The van der Waals surface area contributed by atoms with E-state index >= 15 is 0 Å². The summed E-state index contributed by atoms with van der Waals surface area (Å²) in [6, 6.07) is 10.6. The fourth-order valence-electron chi connectivity index (χ4n) is 2.35. The molecule has 134 valence electrons. The molecule has 0 aliphatic heterocycles. The Bertz CT molecular complexity index is 864. The number of hydrogen-bond acceptors (Lipinski definition) is 3. The van der Waals surface area contributed by atoms with Gasteiger partial charge in [0.25, 0.3) is 5.91 Å². The van der Waals surface area contributed by atoms with Gasteiger partial charge in [-0.3, -0.25) is 9.10 Å². The van der Waals surface area contributed by atoms with Gasteiger partial charge in [0.15, 0.2) is 0 Å². The third-order valence-corrected chi connectivity index (χ3v) is 5.08. The lowest BCUT2D eigenvalue weighted by molar-refractivity contribution is 0.0954. The van der Waals surface area contributed by atoms with Crippen molar-refractivity contribution in [1.82, 2.24) is 5.32 Å². The van der Waals surface area contributed by atoms with Crippen LogP contribution in [0.2, 0.25) is 0 Å². The van der Waals surface area contributed by atoms with Crippen LogP contribution in [0, 0.1) is 19.7 Å². The molecule has 25 heavy (non-hydrogen) atoms. The van der Waals surface area contributed by atoms with Crippen LogP contribution in [0.5, 0.6) is 0 Å². The zero-order valence-corrected chi connectivity index (χ0v) is 15.2. The number of carbonyl (C=O) groups excluding carboxylic acids is 1. The summed E-state index contributed by atoms with van der Waals surface area (Å²) < 4.78 is 38.1. The number of sulfonamides is 1. The first-order valence-corrected chi connectivity index (χ1v) is 9.62. The molecular weight excluding hydrogens is 343 g/mol. The molecule has 2 rings (SSSR count). The third-order valence-electron chi connectivity index (χ3n) is 3.88. The molecule has 0 spiro atoms. The van der Waals surface area contributed by atoms with Crippen molar-refractivity contribution in [3.63, 3.8) is 0 Å². The summed E-state index contributed by atoms with van der Waals surface area (Å²) in [6.45, 7) is 4.08. The van der Waals surface area contributed by atoms with Crippen LogP contribution in [0.4, 0.5) is 10.1 Å². The maximum Gasteiger partial charge on any atom is 0.251 e. The third kappa shape index (κ3) is 5.03. The number of amides is 1. The molecule has 0 fully saturated rings. The molecule has 0 radical (unpaired) electrons. The molecule has 0 heterocycles. The molecule has 1 N–H and O–H groups in total. The first-order chi connectivity index (χ1) is 11.7. The van der Waals surface area contributed by atoms with E-state index in [1.54, 1.807) is 12.1 Å². The minimum Gasteiger partial charge on any atom is -0.350 e. The average Bonchev–Trinajstić information content (AvgIpc) is 2.54. The number of halogens is 1. The normalized spacial score (nSPS) is 11.2. The van der Waals surface area contributed by atoms with E-state index in [-0.39, 0.29) is 19.0 Å². The minimum atomic E-state index is -3.55. The van der Waals surface area contributed by atoms with Gasteiger partial charge in [0.1, 0.15) is 5.82 Å². The van der Waals surface area contributed by atoms with Gasteiger partial charge < -0.3 is 5.32 Å². The van der Waals surface area contributed by atoms with Gasteiger partial charge in [0.2, 0.25) is 10.0 Å². The van der Waals surface area contributed by atoms with E-state index in [4.69, 9.17) is 0 Å². The average molecular weight is 364 g/mol. The van der Waals surface area contributed by atoms with Crippen molar-refractivity contribution in [3.05, 3.63) is 65.0 Å². The molecule has 0 saturated carbocycles. The maximum absolute atomic E-state index is 13.0. The quantitative estimate of drug-likeness (QED) is 0.857. The zero-order valence-electron chi connectivity index (χ0n) is 14.4. The number of rotatable bonds is 6. The van der Waals surface area contributed by atoms with E-state index in [1.165, 1.54) is 24.3 Å². The molecule has 0 saturated heterocycles. The van der Waals surface area contributed by atoms with Gasteiger partial charge in [0.05, 0.1) is 18.5 Å². The van der Waals surface area contributed by atoms with Gasteiger partial charge in [-0.2, -0.15) is 0 Å². The summed E-state index contributed by atoms with van der Waals surface area (Å²) in [5.74, 6) is -0.712. The van der Waals surface area contributed by atoms with Crippen LogP contribution in [0.15, 0.2) is 42.5 Å². The summed E-state index contributed by atoms with van der Waals surface area (Å²) in [5.41, 5.74) is 2.98. The van der Waals surface area contributed by atoms with Crippen molar-refractivity contribution in [3.8, 4) is 0 Å². The molecule has 0 aliphatic rings. The number of nitrogens with zero attached hydrogens (tertiary/aromatic N) is 1. The first-order valence-electron chi connectivity index (χ1n) is 7.77. The molecule has 1 amide bonds. The Morgan fingerprint density at radius 3 is 2.28 bits per heavy atom. The fourth-order valence-corrected chi connectivity index (χ4v) is 3.28. The van der Waals surface area contributed by atoms with Crippen LogP contribution >= 0.6 is 0 Å². The van der Waals surface area contributed by atoms with Crippen LogP contribution in [0.1, 0.15) is 21.5 Å². The second-order valence-electron chi connectivity index (χ2n) is 5.87. The summed E-state index contributed by atoms with van der Waals surface area (Å²) >= 11 is 0. The van der Waals surface area contributed by atoms with E-state index in [2.05, 4.69) is 5.32 Å². The highest BCUT2D eigenvalue weighted by atomic mass is 32.2. The van der Waals surface area contributed by atoms with Gasteiger partial charge in [-0.05, 0) is 61.4 Å². The minimum absolute atomic E-state index is 0.0566. The van der Waals surface area contributed by atoms with Crippen LogP contribution in [-0.2, 0) is 10.0 Å². The molecule has 0 aliphatic carbocycles. The van der Waals surface area contributed by atoms with E-state index < -0.39 is 15.8 Å². The molecule has 2 aromatic rings. The summed E-state index contributed by atoms with van der Waals surface area (Å²) in [7, 11) is -3.55. The highest BCUT2D eigenvalue weighted by Crippen LogP contribution is 2.17. The monoisotopic (exact) mass is 364 g/mol.